The summed E-state index contributed by atoms with van der Waals surface area (Å²) in [4.78, 5) is 5.75. The highest BCUT2D eigenvalue weighted by Crippen LogP contribution is 2.41. The Hall–Kier alpha value is -2.73. The average molecular weight is 425 g/mol. The lowest BCUT2D eigenvalue weighted by molar-refractivity contribution is 1.28. The van der Waals surface area contributed by atoms with E-state index in [1.54, 1.807) is 17.4 Å². The maximum absolute atomic E-state index is 6.48. The number of halogens is 2. The Kier molecular flexibility index (Phi) is 4.16. The largest absolute Gasteiger partial charge is 0.397 e. The van der Waals surface area contributed by atoms with Crippen LogP contribution < -0.4 is 11.1 Å². The third-order valence-electron chi connectivity index (χ3n) is 4.57. The lowest BCUT2D eigenvalue weighted by Crippen LogP contribution is -2.01. The summed E-state index contributed by atoms with van der Waals surface area (Å²) in [6.45, 7) is 0. The summed E-state index contributed by atoms with van der Waals surface area (Å²) < 4.78 is 3.23. The number of aromatic nitrogens is 2. The minimum atomic E-state index is 0.541. The van der Waals surface area contributed by atoms with Crippen LogP contribution in [0.15, 0.2) is 66.7 Å². The van der Waals surface area contributed by atoms with Gasteiger partial charge < -0.3 is 11.1 Å². The fourth-order valence-electron chi connectivity index (χ4n) is 3.27. The maximum Gasteiger partial charge on any atom is 0.197 e. The number of anilines is 3. The summed E-state index contributed by atoms with van der Waals surface area (Å²) in [5, 5.41) is 4.60. The zero-order valence-corrected chi connectivity index (χ0v) is 16.8. The molecule has 7 heteroatoms. The first-order valence-electron chi connectivity index (χ1n) is 8.59. The third kappa shape index (κ3) is 2.71. The molecule has 0 fully saturated rings. The zero-order chi connectivity index (χ0) is 19.3. The summed E-state index contributed by atoms with van der Waals surface area (Å²) in [5.74, 6) is 0.778. The molecule has 3 N–H and O–H groups in total. The van der Waals surface area contributed by atoms with Crippen molar-refractivity contribution in [3.05, 3.63) is 76.8 Å². The van der Waals surface area contributed by atoms with Gasteiger partial charge in [-0.25, -0.2) is 4.98 Å². The van der Waals surface area contributed by atoms with E-state index < -0.39 is 0 Å². The number of nitrogens with zero attached hydrogens (tertiary/aromatic N) is 2. The molecule has 5 aromatic rings. The number of hydrogen-bond acceptors (Lipinski definition) is 4. The van der Waals surface area contributed by atoms with Gasteiger partial charge in [0.05, 0.1) is 31.6 Å². The van der Waals surface area contributed by atoms with Gasteiger partial charge in [-0.2, -0.15) is 0 Å². The highest BCUT2D eigenvalue weighted by Gasteiger charge is 2.21. The first kappa shape index (κ1) is 17.4. The number of nitrogen functional groups attached to an aromatic ring is 1. The molecule has 3 aromatic carbocycles. The Morgan fingerprint density at radius 1 is 0.893 bits per heavy atom. The molecule has 0 saturated carbocycles. The van der Waals surface area contributed by atoms with E-state index >= 15 is 0 Å². The zero-order valence-electron chi connectivity index (χ0n) is 14.5. The van der Waals surface area contributed by atoms with Gasteiger partial charge in [-0.3, -0.25) is 4.40 Å². The Bertz CT molecular complexity index is 1320. The molecule has 2 heterocycles. The van der Waals surface area contributed by atoms with Crippen molar-refractivity contribution in [2.75, 3.05) is 11.1 Å². The van der Waals surface area contributed by atoms with Gasteiger partial charge in [0.25, 0.3) is 0 Å². The second kappa shape index (κ2) is 6.71. The topological polar surface area (TPSA) is 55.3 Å². The maximum atomic E-state index is 6.48. The normalized spacial score (nSPS) is 11.4. The molecule has 2 aromatic heterocycles. The van der Waals surface area contributed by atoms with Gasteiger partial charge in [0.1, 0.15) is 11.5 Å². The van der Waals surface area contributed by atoms with E-state index in [1.807, 2.05) is 48.5 Å². The number of hydrogen-bond donors (Lipinski definition) is 2. The van der Waals surface area contributed by atoms with Crippen molar-refractivity contribution < 1.29 is 0 Å². The summed E-state index contributed by atoms with van der Waals surface area (Å²) in [6.07, 6.45) is 0. The van der Waals surface area contributed by atoms with Crippen LogP contribution >= 0.6 is 34.5 Å². The Morgan fingerprint density at radius 3 is 2.46 bits per heavy atom. The number of fused-ring (bicyclic) bond motifs is 3. The molecule has 0 atom stereocenters. The molecule has 138 valence electrons. The molecule has 0 amide bonds. The van der Waals surface area contributed by atoms with E-state index in [4.69, 9.17) is 33.9 Å². The van der Waals surface area contributed by atoms with Crippen LogP contribution in [0.2, 0.25) is 10.0 Å². The van der Waals surface area contributed by atoms with Gasteiger partial charge in [-0.05, 0) is 30.3 Å². The molecular formula is C21H14Cl2N4S. The van der Waals surface area contributed by atoms with Gasteiger partial charge >= 0.3 is 0 Å². The fourth-order valence-corrected chi connectivity index (χ4v) is 4.75. The summed E-state index contributed by atoms with van der Waals surface area (Å²) >= 11 is 14.5. The average Bonchev–Trinajstić information content (AvgIpc) is 3.21. The van der Waals surface area contributed by atoms with Crippen LogP contribution in [0.5, 0.6) is 0 Å². The fraction of sp³-hybridized carbons (Fsp3) is 0. The molecule has 4 nitrogen and oxygen atoms in total. The van der Waals surface area contributed by atoms with Crippen LogP contribution in [0.25, 0.3) is 26.4 Å². The van der Waals surface area contributed by atoms with E-state index in [0.29, 0.717) is 21.4 Å². The van der Waals surface area contributed by atoms with Crippen LogP contribution in [0.3, 0.4) is 0 Å². The van der Waals surface area contributed by atoms with Gasteiger partial charge in [0.2, 0.25) is 0 Å². The third-order valence-corrected chi connectivity index (χ3v) is 6.24. The number of benzene rings is 3. The standard InChI is InChI=1S/C21H14Cl2N4S/c22-13-7-2-1-6-12(13)18-20(25-19-14(23)8-5-9-15(19)24)27-16-10-3-4-11-17(16)28-21(27)26-18/h1-11,25H,24H2. The summed E-state index contributed by atoms with van der Waals surface area (Å²) in [5.41, 5.74) is 10.1. The predicted octanol–water partition coefficient (Wildman–Crippen LogP) is 6.85. The number of nitrogens with one attached hydrogen (secondary N) is 1. The molecule has 0 radical (unpaired) electrons. The smallest absolute Gasteiger partial charge is 0.197 e. The minimum Gasteiger partial charge on any atom is -0.397 e. The molecule has 0 saturated heterocycles. The summed E-state index contributed by atoms with van der Waals surface area (Å²) in [7, 11) is 0. The van der Waals surface area contributed by atoms with Crippen molar-refractivity contribution in [2.45, 2.75) is 0 Å². The van der Waals surface area contributed by atoms with Crippen molar-refractivity contribution >= 4 is 66.9 Å². The SMILES string of the molecule is Nc1cccc(Cl)c1Nc1c(-c2ccccc2Cl)nc2sc3ccccc3n12. The van der Waals surface area contributed by atoms with Gasteiger partial charge in [-0.1, -0.05) is 70.9 Å². The van der Waals surface area contributed by atoms with Gasteiger partial charge in [-0.15, -0.1) is 0 Å². The molecule has 0 bridgehead atoms. The van der Waals surface area contributed by atoms with E-state index in [1.165, 1.54) is 0 Å². The second-order valence-electron chi connectivity index (χ2n) is 6.31. The molecule has 0 unspecified atom stereocenters. The molecule has 5 rings (SSSR count). The molecule has 0 spiro atoms. The van der Waals surface area contributed by atoms with Crippen molar-refractivity contribution in [3.8, 4) is 11.3 Å². The number of imidazole rings is 1. The predicted molar refractivity (Wildman–Crippen MR) is 120 cm³/mol. The van der Waals surface area contributed by atoms with E-state index in [9.17, 15) is 0 Å². The van der Waals surface area contributed by atoms with Gasteiger partial charge in [0.15, 0.2) is 4.96 Å². The number of para-hydroxylation sites is 2. The minimum absolute atomic E-state index is 0.541. The van der Waals surface area contributed by atoms with Crippen molar-refractivity contribution in [1.29, 1.82) is 0 Å². The van der Waals surface area contributed by atoms with Crippen LogP contribution in [-0.4, -0.2) is 9.38 Å². The van der Waals surface area contributed by atoms with Crippen molar-refractivity contribution in [1.82, 2.24) is 9.38 Å². The van der Waals surface area contributed by atoms with Crippen LogP contribution in [0.1, 0.15) is 0 Å². The monoisotopic (exact) mass is 424 g/mol. The number of rotatable bonds is 3. The Morgan fingerprint density at radius 2 is 1.64 bits per heavy atom. The first-order chi connectivity index (χ1) is 13.6. The second-order valence-corrected chi connectivity index (χ2v) is 8.13. The van der Waals surface area contributed by atoms with Crippen LogP contribution in [-0.2, 0) is 0 Å². The Labute approximate surface area is 175 Å². The van der Waals surface area contributed by atoms with E-state index in [2.05, 4.69) is 21.9 Å². The quantitative estimate of drug-likeness (QED) is 0.311. The molecule has 0 aliphatic rings. The van der Waals surface area contributed by atoms with Crippen molar-refractivity contribution in [2.24, 2.45) is 0 Å². The first-order valence-corrected chi connectivity index (χ1v) is 10.2. The van der Waals surface area contributed by atoms with E-state index in [-0.39, 0.29) is 0 Å². The van der Waals surface area contributed by atoms with Gasteiger partial charge in [0, 0.05) is 5.56 Å². The van der Waals surface area contributed by atoms with Crippen LogP contribution in [0, 0.1) is 0 Å². The van der Waals surface area contributed by atoms with Crippen molar-refractivity contribution in [3.63, 3.8) is 0 Å². The molecule has 0 aliphatic carbocycles. The molecule has 28 heavy (non-hydrogen) atoms. The molecule has 0 aliphatic heterocycles. The number of thiazole rings is 1. The lowest BCUT2D eigenvalue weighted by Gasteiger charge is -2.13. The lowest BCUT2D eigenvalue weighted by atomic mass is 10.1. The highest BCUT2D eigenvalue weighted by molar-refractivity contribution is 7.23. The molecular weight excluding hydrogens is 411 g/mol. The highest BCUT2D eigenvalue weighted by atomic mass is 35.5. The Balaban J connectivity index is 1.83. The van der Waals surface area contributed by atoms with E-state index in [0.717, 1.165) is 32.3 Å². The van der Waals surface area contributed by atoms with Crippen LogP contribution in [0.4, 0.5) is 17.2 Å². The summed E-state index contributed by atoms with van der Waals surface area (Å²) in [6, 6.07) is 21.3. The number of nitrogens with two attached hydrogens (primary N) is 1.